The molecule has 0 radical (unpaired) electrons. The number of nitrogens with two attached hydrogens (primary N) is 1. The first-order valence-corrected chi connectivity index (χ1v) is 5.55. The van der Waals surface area contributed by atoms with E-state index in [0.29, 0.717) is 6.42 Å². The number of hydrogen-bond donors (Lipinski definition) is 3. The molecule has 15 heavy (non-hydrogen) atoms. The molecular formula is C11H24N2O2. The van der Waals surface area contributed by atoms with Crippen molar-refractivity contribution in [2.24, 2.45) is 11.7 Å². The number of aliphatic hydroxyl groups excluding tert-OH is 1. The maximum absolute atomic E-state index is 11.8. The van der Waals surface area contributed by atoms with Gasteiger partial charge in [-0.2, -0.15) is 0 Å². The van der Waals surface area contributed by atoms with Crippen LogP contribution in [0.25, 0.3) is 0 Å². The molecular weight excluding hydrogens is 192 g/mol. The lowest BCUT2D eigenvalue weighted by atomic mass is 9.95. The van der Waals surface area contributed by atoms with Gasteiger partial charge in [0.2, 0.25) is 5.91 Å². The topological polar surface area (TPSA) is 75.4 Å². The van der Waals surface area contributed by atoms with Gasteiger partial charge in [0.05, 0.1) is 18.2 Å². The van der Waals surface area contributed by atoms with Gasteiger partial charge in [-0.1, -0.05) is 27.2 Å². The van der Waals surface area contributed by atoms with Crippen molar-refractivity contribution in [2.75, 3.05) is 6.61 Å². The Hall–Kier alpha value is -0.610. The van der Waals surface area contributed by atoms with Crippen LogP contribution in [0.5, 0.6) is 0 Å². The van der Waals surface area contributed by atoms with Crippen molar-refractivity contribution in [3.8, 4) is 0 Å². The monoisotopic (exact) mass is 216 g/mol. The van der Waals surface area contributed by atoms with Crippen LogP contribution in [0.15, 0.2) is 0 Å². The van der Waals surface area contributed by atoms with Crippen LogP contribution >= 0.6 is 0 Å². The number of nitrogens with one attached hydrogen (secondary N) is 1. The second-order valence-electron chi connectivity index (χ2n) is 4.67. The van der Waals surface area contributed by atoms with E-state index in [1.165, 1.54) is 0 Å². The average molecular weight is 216 g/mol. The quantitative estimate of drug-likeness (QED) is 0.610. The van der Waals surface area contributed by atoms with Gasteiger partial charge < -0.3 is 16.2 Å². The molecule has 0 saturated heterocycles. The second-order valence-corrected chi connectivity index (χ2v) is 4.67. The van der Waals surface area contributed by atoms with Crippen LogP contribution in [-0.2, 0) is 4.79 Å². The molecule has 4 nitrogen and oxygen atoms in total. The molecule has 0 aromatic rings. The van der Waals surface area contributed by atoms with E-state index in [-0.39, 0.29) is 24.5 Å². The number of rotatable bonds is 6. The van der Waals surface area contributed by atoms with E-state index in [9.17, 15) is 4.79 Å². The van der Waals surface area contributed by atoms with Gasteiger partial charge in [-0.15, -0.1) is 0 Å². The lowest BCUT2D eigenvalue weighted by Gasteiger charge is -2.27. The summed E-state index contributed by atoms with van der Waals surface area (Å²) in [6.07, 6.45) is 1.51. The highest BCUT2D eigenvalue weighted by molar-refractivity contribution is 5.85. The normalized spacial score (nSPS) is 17.3. The first-order chi connectivity index (χ1) is 6.85. The van der Waals surface area contributed by atoms with Gasteiger partial charge in [0, 0.05) is 0 Å². The van der Waals surface area contributed by atoms with Crippen LogP contribution in [-0.4, -0.2) is 29.2 Å². The molecule has 0 rings (SSSR count). The predicted octanol–water partition coefficient (Wildman–Crippen LogP) is 0.637. The molecule has 2 unspecified atom stereocenters. The summed E-state index contributed by atoms with van der Waals surface area (Å²) in [7, 11) is 0. The van der Waals surface area contributed by atoms with Crippen molar-refractivity contribution >= 4 is 5.91 Å². The fourth-order valence-corrected chi connectivity index (χ4v) is 1.39. The number of amides is 1. The van der Waals surface area contributed by atoms with E-state index in [1.807, 2.05) is 20.8 Å². The summed E-state index contributed by atoms with van der Waals surface area (Å²) < 4.78 is 0. The summed E-state index contributed by atoms with van der Waals surface area (Å²) in [4.78, 5) is 11.8. The van der Waals surface area contributed by atoms with Gasteiger partial charge in [-0.3, -0.25) is 4.79 Å². The van der Waals surface area contributed by atoms with Crippen molar-refractivity contribution in [3.63, 3.8) is 0 Å². The van der Waals surface area contributed by atoms with Crippen molar-refractivity contribution < 1.29 is 9.90 Å². The van der Waals surface area contributed by atoms with Gasteiger partial charge in [-0.05, 0) is 19.3 Å². The number of carbonyl (C=O) groups excluding carboxylic acids is 1. The van der Waals surface area contributed by atoms with Crippen LogP contribution in [0.4, 0.5) is 0 Å². The van der Waals surface area contributed by atoms with E-state index in [0.717, 1.165) is 6.42 Å². The molecule has 4 heteroatoms. The van der Waals surface area contributed by atoms with Crippen LogP contribution in [0.1, 0.15) is 40.5 Å². The molecule has 0 aliphatic rings. The van der Waals surface area contributed by atoms with Crippen LogP contribution in [0.3, 0.4) is 0 Å². The third-order valence-corrected chi connectivity index (χ3v) is 2.61. The van der Waals surface area contributed by atoms with Crippen molar-refractivity contribution in [1.82, 2.24) is 5.32 Å². The molecule has 0 fully saturated rings. The minimum atomic E-state index is -0.836. The van der Waals surface area contributed by atoms with Crippen molar-refractivity contribution in [1.29, 1.82) is 0 Å². The Balaban J connectivity index is 4.33. The Morgan fingerprint density at radius 2 is 2.07 bits per heavy atom. The highest BCUT2D eigenvalue weighted by atomic mass is 16.3. The molecule has 0 saturated carbocycles. The first kappa shape index (κ1) is 14.4. The maximum atomic E-state index is 11.8. The molecule has 0 heterocycles. The Labute approximate surface area is 92.2 Å². The maximum Gasteiger partial charge on any atom is 0.240 e. The van der Waals surface area contributed by atoms with Crippen LogP contribution in [0, 0.1) is 5.92 Å². The van der Waals surface area contributed by atoms with E-state index in [1.54, 1.807) is 6.92 Å². The summed E-state index contributed by atoms with van der Waals surface area (Å²) in [5.41, 5.74) is 5.04. The lowest BCUT2D eigenvalue weighted by Crippen LogP contribution is -2.55. The minimum Gasteiger partial charge on any atom is -0.394 e. The molecule has 0 spiro atoms. The Morgan fingerprint density at radius 3 is 2.40 bits per heavy atom. The summed E-state index contributed by atoms with van der Waals surface area (Å²) in [5, 5.41) is 11.9. The van der Waals surface area contributed by atoms with E-state index < -0.39 is 5.54 Å². The smallest absolute Gasteiger partial charge is 0.240 e. The third-order valence-electron chi connectivity index (χ3n) is 2.61. The minimum absolute atomic E-state index is 0.0500. The molecule has 0 bridgehead atoms. The highest BCUT2D eigenvalue weighted by Crippen LogP contribution is 2.10. The fraction of sp³-hybridized carbons (Fsp3) is 0.909. The highest BCUT2D eigenvalue weighted by Gasteiger charge is 2.29. The molecule has 90 valence electrons. The average Bonchev–Trinajstić information content (AvgIpc) is 2.12. The molecule has 0 aliphatic heterocycles. The number of carbonyl (C=O) groups is 1. The van der Waals surface area contributed by atoms with Crippen LogP contribution in [0.2, 0.25) is 0 Å². The lowest BCUT2D eigenvalue weighted by molar-refractivity contribution is -0.127. The summed E-state index contributed by atoms with van der Waals surface area (Å²) in [6.45, 7) is 7.57. The summed E-state index contributed by atoms with van der Waals surface area (Å²) in [5.74, 6) is 0.0217. The summed E-state index contributed by atoms with van der Waals surface area (Å²) in [6, 6.07) is -0.211. The zero-order valence-electron chi connectivity index (χ0n) is 10.2. The number of aliphatic hydroxyl groups is 1. The fourth-order valence-electron chi connectivity index (χ4n) is 1.39. The summed E-state index contributed by atoms with van der Waals surface area (Å²) >= 11 is 0. The van der Waals surface area contributed by atoms with E-state index in [4.69, 9.17) is 10.8 Å². The van der Waals surface area contributed by atoms with E-state index >= 15 is 0 Å². The van der Waals surface area contributed by atoms with Crippen molar-refractivity contribution in [3.05, 3.63) is 0 Å². The van der Waals surface area contributed by atoms with Gasteiger partial charge in [0.15, 0.2) is 0 Å². The van der Waals surface area contributed by atoms with Gasteiger partial charge in [0.1, 0.15) is 0 Å². The van der Waals surface area contributed by atoms with Crippen molar-refractivity contribution in [2.45, 2.75) is 52.1 Å². The van der Waals surface area contributed by atoms with Gasteiger partial charge in [-0.25, -0.2) is 0 Å². The Morgan fingerprint density at radius 1 is 1.53 bits per heavy atom. The predicted molar refractivity (Wildman–Crippen MR) is 61.4 cm³/mol. The zero-order chi connectivity index (χ0) is 12.1. The van der Waals surface area contributed by atoms with E-state index in [2.05, 4.69) is 5.32 Å². The molecule has 4 N–H and O–H groups in total. The Bertz CT molecular complexity index is 203. The second kappa shape index (κ2) is 6.08. The van der Waals surface area contributed by atoms with Gasteiger partial charge in [0.25, 0.3) is 0 Å². The Kier molecular flexibility index (Phi) is 5.83. The molecule has 1 amide bonds. The number of hydrogen-bond acceptors (Lipinski definition) is 3. The SMILES string of the molecule is CCCC(C)(N)C(=O)NC(CO)C(C)C. The first-order valence-electron chi connectivity index (χ1n) is 5.55. The largest absolute Gasteiger partial charge is 0.394 e. The zero-order valence-corrected chi connectivity index (χ0v) is 10.2. The molecule has 2 atom stereocenters. The molecule has 0 aliphatic carbocycles. The van der Waals surface area contributed by atoms with Gasteiger partial charge >= 0.3 is 0 Å². The molecule has 0 aromatic carbocycles. The van der Waals surface area contributed by atoms with Crippen LogP contribution < -0.4 is 11.1 Å². The third kappa shape index (κ3) is 4.62. The standard InChI is InChI=1S/C11H24N2O2/c1-5-6-11(4,12)10(15)13-9(7-14)8(2)3/h8-9,14H,5-7,12H2,1-4H3,(H,13,15). The molecule has 0 aromatic heterocycles.